The zero-order chi connectivity index (χ0) is 31.5. The van der Waals surface area contributed by atoms with Crippen LogP contribution < -0.4 is 0 Å². The average Bonchev–Trinajstić information content (AvgIpc) is 3.07. The van der Waals surface area contributed by atoms with Crippen molar-refractivity contribution in [1.82, 2.24) is 0 Å². The van der Waals surface area contributed by atoms with Crippen LogP contribution in [0.5, 0.6) is 0 Å². The largest absolute Gasteiger partial charge is 0.461 e. The number of aryl methyl sites for hydroxylation is 2. The molecule has 1 fully saturated rings. The minimum absolute atomic E-state index is 0.0248. The standard InChI is InChI=1S/C38H50O6/c1-4-5-6-7-28-8-10-29(11-9-28)30-12-14-31(15-13-30)32-16-17-34-21-35(19-18-33(34)20-32)36(24-43-37(41)26(2)22-39)25-44-38(42)27(3)23-40/h8-11,18-19,21,30-32,36,39-40H,2-7,12-17,20,22-25H2,1H3. The van der Waals surface area contributed by atoms with Crippen molar-refractivity contribution >= 4 is 11.9 Å². The minimum atomic E-state index is -0.682. The van der Waals surface area contributed by atoms with Crippen LogP contribution in [-0.2, 0) is 38.3 Å². The summed E-state index contributed by atoms with van der Waals surface area (Å²) in [7, 11) is 0. The summed E-state index contributed by atoms with van der Waals surface area (Å²) < 4.78 is 10.8. The highest BCUT2D eigenvalue weighted by atomic mass is 16.5. The molecule has 4 rings (SSSR count). The Hall–Kier alpha value is -3.22. The van der Waals surface area contributed by atoms with E-state index in [2.05, 4.69) is 56.5 Å². The summed E-state index contributed by atoms with van der Waals surface area (Å²) in [5, 5.41) is 18.4. The smallest absolute Gasteiger partial charge is 0.335 e. The zero-order valence-corrected chi connectivity index (χ0v) is 26.4. The van der Waals surface area contributed by atoms with E-state index in [4.69, 9.17) is 9.47 Å². The van der Waals surface area contributed by atoms with Gasteiger partial charge in [0, 0.05) is 0 Å². The van der Waals surface area contributed by atoms with E-state index in [1.807, 2.05) is 6.07 Å². The van der Waals surface area contributed by atoms with Crippen LogP contribution in [-0.4, -0.2) is 48.6 Å². The highest BCUT2D eigenvalue weighted by Gasteiger charge is 2.31. The third-order valence-corrected chi connectivity index (χ3v) is 9.72. The van der Waals surface area contributed by atoms with Gasteiger partial charge in [-0.3, -0.25) is 0 Å². The fourth-order valence-electron chi connectivity index (χ4n) is 6.85. The number of aliphatic hydroxyl groups is 2. The maximum absolute atomic E-state index is 12.1. The maximum Gasteiger partial charge on any atom is 0.335 e. The molecule has 0 bridgehead atoms. The van der Waals surface area contributed by atoms with Crippen LogP contribution in [0.25, 0.3) is 0 Å². The lowest BCUT2D eigenvalue weighted by atomic mass is 9.68. The van der Waals surface area contributed by atoms with Crippen molar-refractivity contribution in [3.8, 4) is 0 Å². The number of benzene rings is 2. The van der Waals surface area contributed by atoms with Gasteiger partial charge in [0.2, 0.25) is 0 Å². The maximum atomic E-state index is 12.1. The summed E-state index contributed by atoms with van der Waals surface area (Å²) in [6.45, 7) is 8.28. The number of hydrogen-bond acceptors (Lipinski definition) is 6. The number of ether oxygens (including phenoxy) is 2. The molecular formula is C38H50O6. The Balaban J connectivity index is 1.34. The predicted molar refractivity (Wildman–Crippen MR) is 173 cm³/mol. The fraction of sp³-hybridized carbons (Fsp3) is 0.526. The second-order valence-electron chi connectivity index (χ2n) is 12.8. The van der Waals surface area contributed by atoms with Gasteiger partial charge in [0.15, 0.2) is 0 Å². The molecule has 1 atom stereocenters. The first-order chi connectivity index (χ1) is 21.3. The molecule has 0 aliphatic heterocycles. The summed E-state index contributed by atoms with van der Waals surface area (Å²) in [5.74, 6) is 0.375. The van der Waals surface area contributed by atoms with Crippen molar-refractivity contribution in [2.75, 3.05) is 26.4 Å². The van der Waals surface area contributed by atoms with Gasteiger partial charge in [0.1, 0.15) is 13.2 Å². The van der Waals surface area contributed by atoms with E-state index in [0.29, 0.717) is 11.8 Å². The first kappa shape index (κ1) is 33.7. The molecule has 2 aromatic rings. The number of unbranched alkanes of at least 4 members (excludes halogenated alkanes) is 2. The van der Waals surface area contributed by atoms with Crippen molar-refractivity contribution in [2.24, 2.45) is 11.8 Å². The van der Waals surface area contributed by atoms with Crippen LogP contribution in [0.3, 0.4) is 0 Å². The molecule has 238 valence electrons. The summed E-state index contributed by atoms with van der Waals surface area (Å²) in [5.41, 5.74) is 6.51. The molecule has 2 N–H and O–H groups in total. The van der Waals surface area contributed by atoms with E-state index < -0.39 is 31.1 Å². The van der Waals surface area contributed by atoms with Crippen LogP contribution in [0.1, 0.15) is 97.9 Å². The third-order valence-electron chi connectivity index (χ3n) is 9.72. The second kappa shape index (κ2) is 16.7. The molecule has 1 unspecified atom stereocenters. The predicted octanol–water partition coefficient (Wildman–Crippen LogP) is 6.77. The van der Waals surface area contributed by atoms with Crippen LogP contribution in [0.2, 0.25) is 0 Å². The molecule has 2 aliphatic carbocycles. The summed E-state index contributed by atoms with van der Waals surface area (Å²) in [6, 6.07) is 15.8. The Bertz CT molecular complexity index is 1240. The van der Waals surface area contributed by atoms with Crippen molar-refractivity contribution in [3.63, 3.8) is 0 Å². The molecule has 0 saturated heterocycles. The van der Waals surface area contributed by atoms with Crippen molar-refractivity contribution in [1.29, 1.82) is 0 Å². The number of carbonyl (C=O) groups excluding carboxylic acids is 2. The monoisotopic (exact) mass is 602 g/mol. The SMILES string of the molecule is C=C(CO)C(=O)OCC(COC(=O)C(=C)CO)c1ccc2c(c1)CCC(C1CCC(c3ccc(CCCCC)cc3)CC1)C2. The van der Waals surface area contributed by atoms with E-state index in [-0.39, 0.29) is 24.4 Å². The molecule has 6 nitrogen and oxygen atoms in total. The number of aliphatic hydroxyl groups excluding tert-OH is 2. The lowest BCUT2D eigenvalue weighted by Crippen LogP contribution is -2.26. The van der Waals surface area contributed by atoms with Gasteiger partial charge in [-0.05, 0) is 103 Å². The van der Waals surface area contributed by atoms with Gasteiger partial charge in [0.05, 0.1) is 30.3 Å². The molecule has 0 spiro atoms. The first-order valence-electron chi connectivity index (χ1n) is 16.4. The molecule has 0 amide bonds. The fourth-order valence-corrected chi connectivity index (χ4v) is 6.85. The highest BCUT2D eigenvalue weighted by molar-refractivity contribution is 5.88. The van der Waals surface area contributed by atoms with Gasteiger partial charge < -0.3 is 19.7 Å². The highest BCUT2D eigenvalue weighted by Crippen LogP contribution is 2.43. The van der Waals surface area contributed by atoms with E-state index in [0.717, 1.165) is 24.3 Å². The number of rotatable bonds is 15. The summed E-state index contributed by atoms with van der Waals surface area (Å²) in [6.07, 6.45) is 13.4. The summed E-state index contributed by atoms with van der Waals surface area (Å²) >= 11 is 0. The molecule has 44 heavy (non-hydrogen) atoms. The van der Waals surface area contributed by atoms with Gasteiger partial charge in [-0.25, -0.2) is 9.59 Å². The van der Waals surface area contributed by atoms with E-state index in [1.54, 1.807) is 0 Å². The second-order valence-corrected chi connectivity index (χ2v) is 12.8. The third kappa shape index (κ3) is 9.15. The van der Waals surface area contributed by atoms with Gasteiger partial charge in [-0.15, -0.1) is 0 Å². The number of carbonyl (C=O) groups is 2. The van der Waals surface area contributed by atoms with Gasteiger partial charge in [-0.2, -0.15) is 0 Å². The normalized spacial score (nSPS) is 19.7. The molecule has 0 aromatic heterocycles. The Morgan fingerprint density at radius 3 is 2.05 bits per heavy atom. The van der Waals surface area contributed by atoms with Crippen LogP contribution in [0.15, 0.2) is 66.8 Å². The van der Waals surface area contributed by atoms with Crippen LogP contribution in [0, 0.1) is 11.8 Å². The van der Waals surface area contributed by atoms with Gasteiger partial charge in [-0.1, -0.05) is 75.4 Å². The first-order valence-corrected chi connectivity index (χ1v) is 16.4. The quantitative estimate of drug-likeness (QED) is 0.133. The van der Waals surface area contributed by atoms with E-state index in [1.165, 1.54) is 80.0 Å². The number of fused-ring (bicyclic) bond motifs is 1. The molecule has 1 saturated carbocycles. The Kier molecular flexibility index (Phi) is 12.8. The Morgan fingerprint density at radius 2 is 1.45 bits per heavy atom. The van der Waals surface area contributed by atoms with Crippen molar-refractivity contribution in [2.45, 2.75) is 89.4 Å². The molecule has 0 radical (unpaired) electrons. The van der Waals surface area contributed by atoms with Crippen LogP contribution >= 0.6 is 0 Å². The Labute approximate surface area is 263 Å². The lowest BCUT2D eigenvalue weighted by molar-refractivity contribution is -0.142. The molecule has 6 heteroatoms. The van der Waals surface area contributed by atoms with Crippen molar-refractivity contribution in [3.05, 3.63) is 94.6 Å². The zero-order valence-electron chi connectivity index (χ0n) is 26.4. The minimum Gasteiger partial charge on any atom is -0.461 e. The lowest BCUT2D eigenvalue weighted by Gasteiger charge is -2.37. The number of esters is 2. The molecule has 2 aliphatic rings. The topological polar surface area (TPSA) is 93.1 Å². The Morgan fingerprint density at radius 1 is 0.818 bits per heavy atom. The van der Waals surface area contributed by atoms with Gasteiger partial charge in [0.25, 0.3) is 0 Å². The van der Waals surface area contributed by atoms with Crippen LogP contribution in [0.4, 0.5) is 0 Å². The molecule has 0 heterocycles. The van der Waals surface area contributed by atoms with Gasteiger partial charge >= 0.3 is 11.9 Å². The number of hydrogen-bond donors (Lipinski definition) is 2. The van der Waals surface area contributed by atoms with Crippen molar-refractivity contribution < 1.29 is 29.3 Å². The molecular weight excluding hydrogens is 552 g/mol. The van der Waals surface area contributed by atoms with E-state index in [9.17, 15) is 19.8 Å². The molecule has 2 aromatic carbocycles. The average molecular weight is 603 g/mol. The summed E-state index contributed by atoms with van der Waals surface area (Å²) in [4.78, 5) is 24.3. The van der Waals surface area contributed by atoms with E-state index >= 15 is 0 Å².